The summed E-state index contributed by atoms with van der Waals surface area (Å²) in [4.78, 5) is 27.8. The first-order valence-electron chi connectivity index (χ1n) is 6.58. The van der Waals surface area contributed by atoms with Gasteiger partial charge in [-0.2, -0.15) is 0 Å². The minimum atomic E-state index is -1.08. The number of fused-ring (bicyclic) bond motifs is 2. The lowest BCUT2D eigenvalue weighted by molar-refractivity contribution is 0.0697. The van der Waals surface area contributed by atoms with Gasteiger partial charge in [-0.1, -0.05) is 13.8 Å². The van der Waals surface area contributed by atoms with Crippen molar-refractivity contribution in [2.75, 3.05) is 0 Å². The molecule has 0 saturated heterocycles. The van der Waals surface area contributed by atoms with E-state index in [2.05, 4.69) is 4.98 Å². The molecule has 21 heavy (non-hydrogen) atoms. The van der Waals surface area contributed by atoms with E-state index in [1.54, 1.807) is 12.1 Å². The van der Waals surface area contributed by atoms with Gasteiger partial charge < -0.3 is 9.52 Å². The lowest BCUT2D eigenvalue weighted by atomic mass is 10.1. The van der Waals surface area contributed by atoms with Gasteiger partial charge in [-0.05, 0) is 36.2 Å². The Morgan fingerprint density at radius 2 is 1.95 bits per heavy atom. The first-order valence-corrected chi connectivity index (χ1v) is 6.58. The Kier molecular flexibility index (Phi) is 2.97. The van der Waals surface area contributed by atoms with Crippen LogP contribution in [0.15, 0.2) is 39.5 Å². The summed E-state index contributed by atoms with van der Waals surface area (Å²) in [7, 11) is 0. The number of pyridine rings is 1. The van der Waals surface area contributed by atoms with Crippen LogP contribution in [0.1, 0.15) is 35.8 Å². The second-order valence-corrected chi connectivity index (χ2v) is 5.19. The molecule has 0 aliphatic carbocycles. The van der Waals surface area contributed by atoms with Gasteiger partial charge in [-0.15, -0.1) is 0 Å². The average molecular weight is 283 g/mol. The maximum absolute atomic E-state index is 12.5. The quantitative estimate of drug-likeness (QED) is 0.731. The number of carboxylic acid groups (broad SMARTS) is 1. The van der Waals surface area contributed by atoms with Gasteiger partial charge in [0.25, 0.3) is 0 Å². The zero-order chi connectivity index (χ0) is 15.1. The number of aromatic carboxylic acids is 1. The highest BCUT2D eigenvalue weighted by Gasteiger charge is 2.13. The lowest BCUT2D eigenvalue weighted by Crippen LogP contribution is -2.06. The van der Waals surface area contributed by atoms with E-state index in [1.807, 2.05) is 13.8 Å². The molecule has 0 saturated carbocycles. The molecule has 0 fully saturated rings. The highest BCUT2D eigenvalue weighted by molar-refractivity contribution is 5.95. The van der Waals surface area contributed by atoms with Crippen molar-refractivity contribution < 1.29 is 14.3 Å². The Hall–Kier alpha value is -2.69. The number of hydrogen-bond acceptors (Lipinski definition) is 4. The topological polar surface area (TPSA) is 80.4 Å². The van der Waals surface area contributed by atoms with E-state index in [0.717, 1.165) is 5.69 Å². The number of carboxylic acids is 1. The minimum Gasteiger partial charge on any atom is -0.478 e. The molecule has 0 atom stereocenters. The Balaban J connectivity index is 2.37. The summed E-state index contributed by atoms with van der Waals surface area (Å²) in [5.74, 6) is -0.852. The fraction of sp³-hybridized carbons (Fsp3) is 0.188. The van der Waals surface area contributed by atoms with Crippen molar-refractivity contribution >= 4 is 28.0 Å². The molecule has 0 unspecified atom stereocenters. The van der Waals surface area contributed by atoms with Gasteiger partial charge in [0.2, 0.25) is 11.1 Å². The Morgan fingerprint density at radius 3 is 2.62 bits per heavy atom. The van der Waals surface area contributed by atoms with Gasteiger partial charge >= 0.3 is 5.97 Å². The summed E-state index contributed by atoms with van der Waals surface area (Å²) in [6, 6.07) is 7.70. The van der Waals surface area contributed by atoms with Gasteiger partial charge in [-0.25, -0.2) is 9.78 Å². The van der Waals surface area contributed by atoms with Gasteiger partial charge in [0.05, 0.1) is 16.3 Å². The molecule has 0 aliphatic heterocycles. The molecule has 0 radical (unpaired) electrons. The van der Waals surface area contributed by atoms with E-state index in [4.69, 9.17) is 9.52 Å². The van der Waals surface area contributed by atoms with Crippen LogP contribution in [0.4, 0.5) is 0 Å². The third-order valence-electron chi connectivity index (χ3n) is 3.40. The third kappa shape index (κ3) is 2.16. The van der Waals surface area contributed by atoms with Crippen LogP contribution in [0.2, 0.25) is 0 Å². The summed E-state index contributed by atoms with van der Waals surface area (Å²) in [5, 5.41) is 9.61. The fourth-order valence-electron chi connectivity index (χ4n) is 2.21. The summed E-state index contributed by atoms with van der Waals surface area (Å²) < 4.78 is 5.65. The van der Waals surface area contributed by atoms with Crippen molar-refractivity contribution in [3.05, 3.63) is 51.8 Å². The smallest absolute Gasteiger partial charge is 0.335 e. The number of nitrogens with zero attached hydrogens (tertiary/aromatic N) is 1. The summed E-state index contributed by atoms with van der Waals surface area (Å²) in [6.45, 7) is 4.01. The standard InChI is InChI=1S/C16H13NO4/c1-8(2)12-5-4-10-14(18)11-7-9(16(19)20)3-6-13(11)21-15(10)17-12/h3-8H,1-2H3,(H,19,20). The molecule has 0 bridgehead atoms. The molecular formula is C16H13NO4. The van der Waals surface area contributed by atoms with Crippen LogP contribution in [-0.4, -0.2) is 16.1 Å². The van der Waals surface area contributed by atoms with E-state index < -0.39 is 5.97 Å². The molecule has 106 valence electrons. The highest BCUT2D eigenvalue weighted by Crippen LogP contribution is 2.21. The van der Waals surface area contributed by atoms with E-state index >= 15 is 0 Å². The summed E-state index contributed by atoms with van der Waals surface area (Å²) in [6.07, 6.45) is 0. The zero-order valence-electron chi connectivity index (χ0n) is 11.6. The van der Waals surface area contributed by atoms with Crippen LogP contribution in [0, 0.1) is 0 Å². The normalized spacial score (nSPS) is 11.4. The molecule has 1 aromatic carbocycles. The predicted octanol–water partition coefficient (Wildman–Crippen LogP) is 3.16. The predicted molar refractivity (Wildman–Crippen MR) is 78.8 cm³/mol. The molecule has 5 heteroatoms. The van der Waals surface area contributed by atoms with Crippen LogP contribution >= 0.6 is 0 Å². The van der Waals surface area contributed by atoms with Crippen molar-refractivity contribution in [1.29, 1.82) is 0 Å². The van der Waals surface area contributed by atoms with Crippen LogP contribution in [-0.2, 0) is 0 Å². The van der Waals surface area contributed by atoms with Gasteiger partial charge in [0.1, 0.15) is 5.58 Å². The largest absolute Gasteiger partial charge is 0.478 e. The van der Waals surface area contributed by atoms with Crippen molar-refractivity contribution in [3.63, 3.8) is 0 Å². The maximum Gasteiger partial charge on any atom is 0.335 e. The molecule has 5 nitrogen and oxygen atoms in total. The van der Waals surface area contributed by atoms with Crippen LogP contribution < -0.4 is 5.43 Å². The van der Waals surface area contributed by atoms with Crippen LogP contribution in [0.3, 0.4) is 0 Å². The van der Waals surface area contributed by atoms with Crippen molar-refractivity contribution in [2.24, 2.45) is 0 Å². The molecule has 0 aliphatic rings. The molecule has 3 aromatic rings. The average Bonchev–Trinajstić information content (AvgIpc) is 2.46. The summed E-state index contributed by atoms with van der Waals surface area (Å²) in [5.41, 5.74) is 1.25. The van der Waals surface area contributed by atoms with E-state index in [1.165, 1.54) is 18.2 Å². The van der Waals surface area contributed by atoms with E-state index in [9.17, 15) is 9.59 Å². The second kappa shape index (κ2) is 4.70. The number of carbonyl (C=O) groups is 1. The highest BCUT2D eigenvalue weighted by atomic mass is 16.4. The molecular weight excluding hydrogens is 270 g/mol. The molecule has 2 heterocycles. The van der Waals surface area contributed by atoms with Crippen LogP contribution in [0.25, 0.3) is 22.1 Å². The van der Waals surface area contributed by atoms with Gasteiger partial charge in [-0.3, -0.25) is 4.79 Å². The van der Waals surface area contributed by atoms with Crippen molar-refractivity contribution in [2.45, 2.75) is 19.8 Å². The number of aromatic nitrogens is 1. The van der Waals surface area contributed by atoms with Crippen molar-refractivity contribution in [3.8, 4) is 0 Å². The number of rotatable bonds is 2. The summed E-state index contributed by atoms with van der Waals surface area (Å²) >= 11 is 0. The minimum absolute atomic E-state index is 0.0564. The van der Waals surface area contributed by atoms with E-state index in [-0.39, 0.29) is 28.0 Å². The SMILES string of the molecule is CC(C)c1ccc2c(=O)c3cc(C(=O)O)ccc3oc2n1. The maximum atomic E-state index is 12.5. The van der Waals surface area contributed by atoms with E-state index in [0.29, 0.717) is 11.0 Å². The molecule has 1 N–H and O–H groups in total. The number of benzene rings is 1. The Bertz CT molecular complexity index is 925. The number of hydrogen-bond donors (Lipinski definition) is 1. The Labute approximate surface area is 119 Å². The first-order chi connectivity index (χ1) is 9.97. The zero-order valence-corrected chi connectivity index (χ0v) is 11.6. The first kappa shape index (κ1) is 13.3. The molecule has 2 aromatic heterocycles. The second-order valence-electron chi connectivity index (χ2n) is 5.19. The van der Waals surface area contributed by atoms with Gasteiger partial charge in [0.15, 0.2) is 0 Å². The third-order valence-corrected chi connectivity index (χ3v) is 3.40. The molecule has 0 amide bonds. The Morgan fingerprint density at radius 1 is 1.19 bits per heavy atom. The fourth-order valence-corrected chi connectivity index (χ4v) is 2.21. The monoisotopic (exact) mass is 283 g/mol. The van der Waals surface area contributed by atoms with Gasteiger partial charge in [0, 0.05) is 5.69 Å². The van der Waals surface area contributed by atoms with Crippen molar-refractivity contribution in [1.82, 2.24) is 4.98 Å². The molecule has 3 rings (SSSR count). The lowest BCUT2D eigenvalue weighted by Gasteiger charge is -2.06. The van der Waals surface area contributed by atoms with Crippen LogP contribution in [0.5, 0.6) is 0 Å². The molecule has 0 spiro atoms.